The van der Waals surface area contributed by atoms with Crippen LogP contribution >= 0.6 is 0 Å². The smallest absolute Gasteiger partial charge is 0.258 e. The summed E-state index contributed by atoms with van der Waals surface area (Å²) < 4.78 is 0. The fourth-order valence-electron chi connectivity index (χ4n) is 2.87. The summed E-state index contributed by atoms with van der Waals surface area (Å²) in [4.78, 5) is 21.1. The van der Waals surface area contributed by atoms with Crippen LogP contribution in [0.3, 0.4) is 0 Å². The number of aromatic nitrogens is 2. The Morgan fingerprint density at radius 3 is 2.26 bits per heavy atom. The first-order valence-corrected chi connectivity index (χ1v) is 9.01. The van der Waals surface area contributed by atoms with E-state index in [1.807, 2.05) is 31.2 Å². The summed E-state index contributed by atoms with van der Waals surface area (Å²) in [5.41, 5.74) is 5.56. The van der Waals surface area contributed by atoms with Gasteiger partial charge in [-0.1, -0.05) is 50.2 Å². The first-order valence-electron chi connectivity index (χ1n) is 9.01. The first-order chi connectivity index (χ1) is 13.0. The molecule has 1 aromatic heterocycles. The number of para-hydroxylation sites is 2. The van der Waals surface area contributed by atoms with Crippen LogP contribution in [0.25, 0.3) is 0 Å². The summed E-state index contributed by atoms with van der Waals surface area (Å²) in [6, 6.07) is 13.9. The SMILES string of the molecule is Cc1ccccc1NC(=O)c1cnc(Nc2c(C)cccc2C(C)C)nc1. The highest BCUT2D eigenvalue weighted by Gasteiger charge is 2.12. The van der Waals surface area contributed by atoms with Gasteiger partial charge < -0.3 is 10.6 Å². The van der Waals surface area contributed by atoms with Gasteiger partial charge in [0.15, 0.2) is 0 Å². The fourth-order valence-corrected chi connectivity index (χ4v) is 2.87. The van der Waals surface area contributed by atoms with Crippen LogP contribution in [0.15, 0.2) is 54.9 Å². The third-order valence-corrected chi connectivity index (χ3v) is 4.47. The average molecular weight is 360 g/mol. The number of hydrogen-bond donors (Lipinski definition) is 2. The molecular formula is C22H24N4O. The molecule has 1 amide bonds. The van der Waals surface area contributed by atoms with Crippen molar-refractivity contribution in [3.8, 4) is 0 Å². The Morgan fingerprint density at radius 2 is 1.59 bits per heavy atom. The van der Waals surface area contributed by atoms with Crippen LogP contribution in [0.2, 0.25) is 0 Å². The molecule has 138 valence electrons. The second kappa shape index (κ2) is 7.99. The molecule has 0 unspecified atom stereocenters. The van der Waals surface area contributed by atoms with Crippen LogP contribution in [0.5, 0.6) is 0 Å². The molecule has 3 aromatic rings. The highest BCUT2D eigenvalue weighted by atomic mass is 16.1. The third kappa shape index (κ3) is 4.31. The van der Waals surface area contributed by atoms with Crippen molar-refractivity contribution < 1.29 is 4.79 Å². The molecule has 0 fully saturated rings. The summed E-state index contributed by atoms with van der Waals surface area (Å²) in [7, 11) is 0. The Labute approximate surface area is 159 Å². The zero-order valence-corrected chi connectivity index (χ0v) is 16.1. The van der Waals surface area contributed by atoms with E-state index in [-0.39, 0.29) is 5.91 Å². The lowest BCUT2D eigenvalue weighted by Gasteiger charge is -2.16. The van der Waals surface area contributed by atoms with Gasteiger partial charge in [0, 0.05) is 23.8 Å². The standard InChI is InChI=1S/C22H24N4O/c1-14(2)18-10-7-9-16(4)20(18)26-22-23-12-17(13-24-22)21(27)25-19-11-6-5-8-15(19)3/h5-14H,1-4H3,(H,25,27)(H,23,24,26). The van der Waals surface area contributed by atoms with Crippen LogP contribution in [0.4, 0.5) is 17.3 Å². The quantitative estimate of drug-likeness (QED) is 0.655. The van der Waals surface area contributed by atoms with Gasteiger partial charge in [-0.3, -0.25) is 4.79 Å². The molecule has 1 heterocycles. The molecule has 0 saturated heterocycles. The Kier molecular flexibility index (Phi) is 5.50. The molecule has 27 heavy (non-hydrogen) atoms. The lowest BCUT2D eigenvalue weighted by Crippen LogP contribution is -2.14. The molecule has 0 aliphatic heterocycles. The number of benzene rings is 2. The van der Waals surface area contributed by atoms with Gasteiger partial charge in [-0.2, -0.15) is 0 Å². The highest BCUT2D eigenvalue weighted by molar-refractivity contribution is 6.04. The number of amides is 1. The number of nitrogens with zero attached hydrogens (tertiary/aromatic N) is 2. The van der Waals surface area contributed by atoms with Gasteiger partial charge in [0.2, 0.25) is 5.95 Å². The predicted octanol–water partition coefficient (Wildman–Crippen LogP) is 5.21. The Bertz CT molecular complexity index is 949. The maximum Gasteiger partial charge on any atom is 0.258 e. The molecule has 0 radical (unpaired) electrons. The molecule has 2 aromatic carbocycles. The minimum atomic E-state index is -0.227. The molecule has 0 atom stereocenters. The van der Waals surface area contributed by atoms with Gasteiger partial charge in [-0.05, 0) is 42.5 Å². The van der Waals surface area contributed by atoms with Gasteiger partial charge >= 0.3 is 0 Å². The molecule has 3 rings (SSSR count). The zero-order chi connectivity index (χ0) is 19.4. The molecule has 5 heteroatoms. The van der Waals surface area contributed by atoms with E-state index in [0.717, 1.165) is 22.5 Å². The van der Waals surface area contributed by atoms with Crippen LogP contribution in [0.1, 0.15) is 46.8 Å². The van der Waals surface area contributed by atoms with Crippen LogP contribution in [-0.4, -0.2) is 15.9 Å². The van der Waals surface area contributed by atoms with E-state index in [2.05, 4.69) is 59.6 Å². The maximum atomic E-state index is 12.4. The molecule has 5 nitrogen and oxygen atoms in total. The van der Waals surface area contributed by atoms with Crippen molar-refractivity contribution >= 4 is 23.2 Å². The van der Waals surface area contributed by atoms with Gasteiger partial charge in [0.25, 0.3) is 5.91 Å². The van der Waals surface area contributed by atoms with E-state index in [0.29, 0.717) is 17.4 Å². The summed E-state index contributed by atoms with van der Waals surface area (Å²) in [5, 5.41) is 6.18. The van der Waals surface area contributed by atoms with Gasteiger partial charge in [0.1, 0.15) is 0 Å². The van der Waals surface area contributed by atoms with Crippen LogP contribution < -0.4 is 10.6 Å². The summed E-state index contributed by atoms with van der Waals surface area (Å²) in [6.45, 7) is 8.31. The van der Waals surface area contributed by atoms with Crippen molar-refractivity contribution in [2.45, 2.75) is 33.6 Å². The monoisotopic (exact) mass is 360 g/mol. The Morgan fingerprint density at radius 1 is 0.926 bits per heavy atom. The van der Waals surface area contributed by atoms with E-state index < -0.39 is 0 Å². The lowest BCUT2D eigenvalue weighted by molar-refractivity contribution is 0.102. The van der Waals surface area contributed by atoms with Gasteiger partial charge in [0.05, 0.1) is 5.56 Å². The fraction of sp³-hybridized carbons (Fsp3) is 0.227. The molecule has 0 aliphatic carbocycles. The highest BCUT2D eigenvalue weighted by Crippen LogP contribution is 2.29. The van der Waals surface area contributed by atoms with Crippen molar-refractivity contribution in [3.63, 3.8) is 0 Å². The number of carbonyl (C=O) groups excluding carboxylic acids is 1. The second-order valence-corrected chi connectivity index (χ2v) is 6.88. The number of rotatable bonds is 5. The molecule has 0 saturated carbocycles. The molecular weight excluding hydrogens is 336 g/mol. The molecule has 2 N–H and O–H groups in total. The van der Waals surface area contributed by atoms with Crippen molar-refractivity contribution in [3.05, 3.63) is 77.1 Å². The largest absolute Gasteiger partial charge is 0.324 e. The van der Waals surface area contributed by atoms with Crippen molar-refractivity contribution in [2.75, 3.05) is 10.6 Å². The summed E-state index contributed by atoms with van der Waals surface area (Å²) >= 11 is 0. The van der Waals surface area contributed by atoms with E-state index >= 15 is 0 Å². The van der Waals surface area contributed by atoms with Gasteiger partial charge in [-0.15, -0.1) is 0 Å². The first kappa shape index (κ1) is 18.6. The Balaban J connectivity index is 1.77. The molecule has 0 bridgehead atoms. The predicted molar refractivity (Wildman–Crippen MR) is 110 cm³/mol. The second-order valence-electron chi connectivity index (χ2n) is 6.88. The maximum absolute atomic E-state index is 12.4. The normalized spacial score (nSPS) is 10.7. The van der Waals surface area contributed by atoms with Crippen molar-refractivity contribution in [1.82, 2.24) is 9.97 Å². The van der Waals surface area contributed by atoms with Gasteiger partial charge in [-0.25, -0.2) is 9.97 Å². The van der Waals surface area contributed by atoms with E-state index in [1.54, 1.807) is 0 Å². The Hall–Kier alpha value is -3.21. The number of nitrogens with one attached hydrogen (secondary N) is 2. The number of aryl methyl sites for hydroxylation is 2. The van der Waals surface area contributed by atoms with Crippen LogP contribution in [0, 0.1) is 13.8 Å². The number of carbonyl (C=O) groups is 1. The topological polar surface area (TPSA) is 66.9 Å². The third-order valence-electron chi connectivity index (χ3n) is 4.47. The number of hydrogen-bond acceptors (Lipinski definition) is 4. The van der Waals surface area contributed by atoms with Crippen molar-refractivity contribution in [2.24, 2.45) is 0 Å². The van der Waals surface area contributed by atoms with Crippen molar-refractivity contribution in [1.29, 1.82) is 0 Å². The van der Waals surface area contributed by atoms with E-state index in [9.17, 15) is 4.79 Å². The number of anilines is 3. The summed E-state index contributed by atoms with van der Waals surface area (Å²) in [5.74, 6) is 0.625. The van der Waals surface area contributed by atoms with E-state index in [4.69, 9.17) is 0 Å². The summed E-state index contributed by atoms with van der Waals surface area (Å²) in [6.07, 6.45) is 3.08. The zero-order valence-electron chi connectivity index (χ0n) is 16.1. The minimum Gasteiger partial charge on any atom is -0.324 e. The molecule has 0 aliphatic rings. The lowest BCUT2D eigenvalue weighted by atomic mass is 9.98. The molecule has 0 spiro atoms. The average Bonchev–Trinajstić information content (AvgIpc) is 2.65. The van der Waals surface area contributed by atoms with Crippen LogP contribution in [-0.2, 0) is 0 Å². The van der Waals surface area contributed by atoms with E-state index in [1.165, 1.54) is 18.0 Å². The minimum absolute atomic E-state index is 0.227.